The van der Waals surface area contributed by atoms with E-state index in [4.69, 9.17) is 4.99 Å². The summed E-state index contributed by atoms with van der Waals surface area (Å²) in [6.07, 6.45) is 3.81. The summed E-state index contributed by atoms with van der Waals surface area (Å²) in [6.45, 7) is 8.50. The average Bonchev–Trinajstić information content (AvgIpc) is 3.55. The van der Waals surface area contributed by atoms with E-state index in [1.54, 1.807) is 4.57 Å². The van der Waals surface area contributed by atoms with Crippen molar-refractivity contribution in [1.29, 1.82) is 0 Å². The Morgan fingerprint density at radius 1 is 1.17 bits per heavy atom. The first-order chi connectivity index (χ1) is 16.9. The van der Waals surface area contributed by atoms with Crippen LogP contribution in [0.25, 0.3) is 6.08 Å². The summed E-state index contributed by atoms with van der Waals surface area (Å²) in [5.74, 6) is -0.256. The van der Waals surface area contributed by atoms with Crippen molar-refractivity contribution in [2.24, 2.45) is 4.99 Å². The molecule has 1 aromatic carbocycles. The zero-order valence-electron chi connectivity index (χ0n) is 19.9. The number of fused-ring (bicyclic) bond motifs is 1. The van der Waals surface area contributed by atoms with Crippen LogP contribution < -0.4 is 20.2 Å². The smallest absolute Gasteiger partial charge is 0.271 e. The SMILES string of the molecule is CCn1cc(/C=c2/sc3n(c2=O)C(c2cccs2)C(C(=O)Nc2ccccc2C)=C(C)N=3)c(C)n1. The first-order valence-corrected chi connectivity index (χ1v) is 13.0. The number of nitrogens with one attached hydrogen (secondary N) is 1. The highest BCUT2D eigenvalue weighted by Gasteiger charge is 2.33. The fourth-order valence-corrected chi connectivity index (χ4v) is 6.07. The van der Waals surface area contributed by atoms with Gasteiger partial charge in [-0.15, -0.1) is 11.3 Å². The predicted molar refractivity (Wildman–Crippen MR) is 141 cm³/mol. The molecule has 4 heterocycles. The van der Waals surface area contributed by atoms with Gasteiger partial charge in [0.1, 0.15) is 6.04 Å². The minimum atomic E-state index is -0.545. The quantitative estimate of drug-likeness (QED) is 0.450. The van der Waals surface area contributed by atoms with E-state index >= 15 is 0 Å². The van der Waals surface area contributed by atoms with Crippen LogP contribution in [0.1, 0.15) is 41.6 Å². The van der Waals surface area contributed by atoms with Crippen LogP contribution in [0.15, 0.2) is 69.0 Å². The maximum absolute atomic E-state index is 13.7. The molecule has 35 heavy (non-hydrogen) atoms. The van der Waals surface area contributed by atoms with Crippen molar-refractivity contribution in [2.75, 3.05) is 5.32 Å². The van der Waals surface area contributed by atoms with Crippen molar-refractivity contribution in [1.82, 2.24) is 14.3 Å². The first-order valence-electron chi connectivity index (χ1n) is 11.3. The van der Waals surface area contributed by atoms with Crippen LogP contribution in [0.5, 0.6) is 0 Å². The molecule has 0 saturated carbocycles. The van der Waals surface area contributed by atoms with E-state index in [0.29, 0.717) is 20.6 Å². The molecule has 0 saturated heterocycles. The van der Waals surface area contributed by atoms with Crippen molar-refractivity contribution >= 4 is 40.3 Å². The number of carbonyl (C=O) groups is 1. The number of rotatable bonds is 5. The van der Waals surface area contributed by atoms with Crippen LogP contribution in [-0.2, 0) is 11.3 Å². The highest BCUT2D eigenvalue weighted by atomic mass is 32.1. The normalized spacial score (nSPS) is 15.8. The zero-order valence-corrected chi connectivity index (χ0v) is 21.5. The van der Waals surface area contributed by atoms with Gasteiger partial charge in [0.15, 0.2) is 4.80 Å². The zero-order chi connectivity index (χ0) is 24.7. The minimum absolute atomic E-state index is 0.163. The molecule has 0 radical (unpaired) electrons. The summed E-state index contributed by atoms with van der Waals surface area (Å²) < 4.78 is 4.07. The van der Waals surface area contributed by atoms with Crippen molar-refractivity contribution < 1.29 is 4.79 Å². The van der Waals surface area contributed by atoms with Gasteiger partial charge in [-0.25, -0.2) is 4.99 Å². The maximum atomic E-state index is 13.7. The largest absolute Gasteiger partial charge is 0.322 e. The van der Waals surface area contributed by atoms with E-state index in [2.05, 4.69) is 10.4 Å². The van der Waals surface area contributed by atoms with E-state index in [1.807, 2.05) is 86.4 Å². The maximum Gasteiger partial charge on any atom is 0.271 e. The molecule has 5 rings (SSSR count). The highest BCUT2D eigenvalue weighted by Crippen LogP contribution is 2.33. The Hall–Kier alpha value is -3.56. The Morgan fingerprint density at radius 2 is 1.97 bits per heavy atom. The first kappa shape index (κ1) is 23.2. The molecule has 3 aromatic heterocycles. The Morgan fingerprint density at radius 3 is 2.66 bits per heavy atom. The lowest BCUT2D eigenvalue weighted by Crippen LogP contribution is -2.40. The summed E-state index contributed by atoms with van der Waals surface area (Å²) in [5.41, 5.74) is 4.39. The van der Waals surface area contributed by atoms with Gasteiger partial charge in [-0.1, -0.05) is 35.6 Å². The number of nitrogens with zero attached hydrogens (tertiary/aromatic N) is 4. The van der Waals surface area contributed by atoms with Gasteiger partial charge in [-0.3, -0.25) is 18.8 Å². The molecule has 1 aliphatic rings. The number of thiophene rings is 1. The molecule has 1 aliphatic heterocycles. The van der Waals surface area contributed by atoms with Crippen LogP contribution in [-0.4, -0.2) is 20.3 Å². The van der Waals surface area contributed by atoms with Crippen molar-refractivity contribution in [3.05, 3.63) is 101 Å². The third-order valence-corrected chi connectivity index (χ3v) is 7.97. The summed E-state index contributed by atoms with van der Waals surface area (Å²) in [7, 11) is 0. The van der Waals surface area contributed by atoms with Crippen molar-refractivity contribution in [3.63, 3.8) is 0 Å². The molecule has 0 bridgehead atoms. The number of thiazole rings is 1. The standard InChI is InChI=1S/C26H25N5O2S2/c1-5-30-14-18(16(3)29-30)13-21-25(33)31-23(20-11-8-12-34-20)22(17(4)27-26(31)35-21)24(32)28-19-10-7-6-9-15(19)2/h6-14,23H,5H2,1-4H3,(H,28,32)/b21-13+. The van der Waals surface area contributed by atoms with Gasteiger partial charge in [0.05, 0.1) is 21.5 Å². The molecular weight excluding hydrogens is 478 g/mol. The Kier molecular flexibility index (Phi) is 6.12. The molecular formula is C26H25N5O2S2. The molecule has 1 unspecified atom stereocenters. The van der Waals surface area contributed by atoms with Crippen LogP contribution in [0, 0.1) is 13.8 Å². The molecule has 4 aromatic rings. The molecule has 178 valence electrons. The van der Waals surface area contributed by atoms with Crippen LogP contribution in [0.3, 0.4) is 0 Å². The second-order valence-corrected chi connectivity index (χ2v) is 10.4. The predicted octanol–water partition coefficient (Wildman–Crippen LogP) is 3.77. The van der Waals surface area contributed by atoms with Gasteiger partial charge >= 0.3 is 0 Å². The number of anilines is 1. The molecule has 0 fully saturated rings. The fraction of sp³-hybridized carbons (Fsp3) is 0.231. The summed E-state index contributed by atoms with van der Waals surface area (Å²) >= 11 is 2.86. The topological polar surface area (TPSA) is 81.3 Å². The van der Waals surface area contributed by atoms with E-state index in [9.17, 15) is 9.59 Å². The third-order valence-electron chi connectivity index (χ3n) is 6.07. The number of para-hydroxylation sites is 1. The van der Waals surface area contributed by atoms with E-state index in [-0.39, 0.29) is 11.5 Å². The molecule has 0 spiro atoms. The molecule has 9 heteroatoms. The van der Waals surface area contributed by atoms with Gasteiger partial charge in [-0.2, -0.15) is 5.10 Å². The fourth-order valence-electron chi connectivity index (χ4n) is 4.21. The molecule has 1 amide bonds. The Balaban J connectivity index is 1.65. The number of aromatic nitrogens is 3. The lowest BCUT2D eigenvalue weighted by Gasteiger charge is -2.24. The van der Waals surface area contributed by atoms with E-state index in [1.165, 1.54) is 22.7 Å². The lowest BCUT2D eigenvalue weighted by molar-refractivity contribution is -0.113. The second kappa shape index (κ2) is 9.24. The summed E-state index contributed by atoms with van der Waals surface area (Å²) in [5, 5.41) is 9.48. The molecule has 0 aliphatic carbocycles. The molecule has 1 N–H and O–H groups in total. The number of carbonyl (C=O) groups excluding carboxylic acids is 1. The second-order valence-electron chi connectivity index (χ2n) is 8.39. The Bertz CT molecular complexity index is 1640. The van der Waals surface area contributed by atoms with Crippen molar-refractivity contribution in [2.45, 2.75) is 40.3 Å². The number of allylic oxidation sites excluding steroid dienone is 1. The van der Waals surface area contributed by atoms with Gasteiger partial charge in [0, 0.05) is 28.9 Å². The number of hydrogen-bond donors (Lipinski definition) is 1. The number of hydrogen-bond acceptors (Lipinski definition) is 6. The van der Waals surface area contributed by atoms with Gasteiger partial charge in [0.2, 0.25) is 0 Å². The third kappa shape index (κ3) is 4.21. The van der Waals surface area contributed by atoms with Gasteiger partial charge in [0.25, 0.3) is 11.5 Å². The van der Waals surface area contributed by atoms with E-state index in [0.717, 1.165) is 33.9 Å². The van der Waals surface area contributed by atoms with Gasteiger partial charge in [-0.05, 0) is 56.8 Å². The number of benzene rings is 1. The highest BCUT2D eigenvalue weighted by molar-refractivity contribution is 7.10. The van der Waals surface area contributed by atoms with Crippen molar-refractivity contribution in [3.8, 4) is 0 Å². The molecule has 1 atom stereocenters. The lowest BCUT2D eigenvalue weighted by atomic mass is 10.0. The van der Waals surface area contributed by atoms with E-state index < -0.39 is 6.04 Å². The van der Waals surface area contributed by atoms with Crippen LogP contribution in [0.2, 0.25) is 0 Å². The number of amides is 1. The monoisotopic (exact) mass is 503 g/mol. The van der Waals surface area contributed by atoms with Gasteiger partial charge < -0.3 is 5.32 Å². The van der Waals surface area contributed by atoms with Crippen LogP contribution in [0.4, 0.5) is 5.69 Å². The summed E-state index contributed by atoms with van der Waals surface area (Å²) in [6, 6.07) is 11.0. The summed E-state index contributed by atoms with van der Waals surface area (Å²) in [4.78, 5) is 33.5. The molecule has 7 nitrogen and oxygen atoms in total. The minimum Gasteiger partial charge on any atom is -0.322 e. The Labute approximate surface area is 210 Å². The van der Waals surface area contributed by atoms with Crippen LogP contribution >= 0.6 is 22.7 Å². The average molecular weight is 504 g/mol. The number of aryl methyl sites for hydroxylation is 3.